The van der Waals surface area contributed by atoms with Crippen LogP contribution >= 0.6 is 0 Å². The SMILES string of the molecule is CCCC1CCCN(CC(=O)c2ccco2)CC1. The zero-order chi connectivity index (χ0) is 12.8. The summed E-state index contributed by atoms with van der Waals surface area (Å²) in [6.07, 6.45) is 7.94. The van der Waals surface area contributed by atoms with Gasteiger partial charge in [-0.3, -0.25) is 9.69 Å². The van der Waals surface area contributed by atoms with Gasteiger partial charge in [-0.25, -0.2) is 0 Å². The Bertz CT molecular complexity index is 359. The molecule has 0 saturated carbocycles. The number of furan rings is 1. The van der Waals surface area contributed by atoms with Gasteiger partial charge in [-0.1, -0.05) is 19.8 Å². The van der Waals surface area contributed by atoms with Crippen molar-refractivity contribution in [2.45, 2.75) is 39.0 Å². The van der Waals surface area contributed by atoms with E-state index in [0.29, 0.717) is 12.3 Å². The van der Waals surface area contributed by atoms with Crippen LogP contribution in [-0.4, -0.2) is 30.3 Å². The van der Waals surface area contributed by atoms with Crippen LogP contribution in [0.25, 0.3) is 0 Å². The molecule has 0 N–H and O–H groups in total. The van der Waals surface area contributed by atoms with Crippen molar-refractivity contribution in [3.05, 3.63) is 24.2 Å². The minimum Gasteiger partial charge on any atom is -0.461 e. The van der Waals surface area contributed by atoms with E-state index in [1.165, 1.54) is 32.1 Å². The Labute approximate surface area is 109 Å². The van der Waals surface area contributed by atoms with Gasteiger partial charge in [0, 0.05) is 0 Å². The third kappa shape index (κ3) is 3.70. The smallest absolute Gasteiger partial charge is 0.211 e. The molecule has 100 valence electrons. The highest BCUT2D eigenvalue weighted by molar-refractivity contribution is 5.94. The van der Waals surface area contributed by atoms with Gasteiger partial charge in [0.2, 0.25) is 5.78 Å². The molecule has 0 bridgehead atoms. The Morgan fingerprint density at radius 1 is 1.44 bits per heavy atom. The van der Waals surface area contributed by atoms with Gasteiger partial charge in [0.05, 0.1) is 12.8 Å². The molecule has 0 aliphatic carbocycles. The van der Waals surface area contributed by atoms with Crippen molar-refractivity contribution in [2.24, 2.45) is 5.92 Å². The van der Waals surface area contributed by atoms with E-state index in [1.807, 2.05) is 0 Å². The van der Waals surface area contributed by atoms with Gasteiger partial charge in [-0.05, 0) is 50.4 Å². The predicted octanol–water partition coefficient (Wildman–Crippen LogP) is 3.36. The average Bonchev–Trinajstić information content (AvgIpc) is 2.81. The van der Waals surface area contributed by atoms with Gasteiger partial charge in [-0.15, -0.1) is 0 Å². The first kappa shape index (κ1) is 13.3. The summed E-state index contributed by atoms with van der Waals surface area (Å²) in [5.41, 5.74) is 0. The van der Waals surface area contributed by atoms with Crippen LogP contribution in [0.2, 0.25) is 0 Å². The lowest BCUT2D eigenvalue weighted by atomic mass is 9.96. The summed E-state index contributed by atoms with van der Waals surface area (Å²) in [5.74, 6) is 1.46. The van der Waals surface area contributed by atoms with Crippen molar-refractivity contribution in [1.29, 1.82) is 0 Å². The van der Waals surface area contributed by atoms with Crippen LogP contribution in [0.1, 0.15) is 49.6 Å². The first-order chi connectivity index (χ1) is 8.79. The topological polar surface area (TPSA) is 33.5 Å². The van der Waals surface area contributed by atoms with Crippen molar-refractivity contribution >= 4 is 5.78 Å². The molecular weight excluding hydrogens is 226 g/mol. The third-order valence-corrected chi connectivity index (χ3v) is 3.80. The molecule has 0 spiro atoms. The largest absolute Gasteiger partial charge is 0.461 e. The molecule has 1 aromatic rings. The number of carbonyl (C=O) groups is 1. The lowest BCUT2D eigenvalue weighted by Gasteiger charge is -2.18. The lowest BCUT2D eigenvalue weighted by molar-refractivity contribution is 0.0904. The Morgan fingerprint density at radius 3 is 3.06 bits per heavy atom. The van der Waals surface area contributed by atoms with Crippen molar-refractivity contribution in [1.82, 2.24) is 4.90 Å². The minimum atomic E-state index is 0.106. The fraction of sp³-hybridized carbons (Fsp3) is 0.667. The van der Waals surface area contributed by atoms with Gasteiger partial charge < -0.3 is 4.42 Å². The summed E-state index contributed by atoms with van der Waals surface area (Å²) in [4.78, 5) is 14.2. The number of likely N-dealkylation sites (tertiary alicyclic amines) is 1. The Kier molecular flexibility index (Phi) is 5.00. The quantitative estimate of drug-likeness (QED) is 0.750. The van der Waals surface area contributed by atoms with E-state index in [2.05, 4.69) is 11.8 Å². The van der Waals surface area contributed by atoms with Crippen molar-refractivity contribution in [2.75, 3.05) is 19.6 Å². The summed E-state index contributed by atoms with van der Waals surface area (Å²) in [7, 11) is 0. The van der Waals surface area contributed by atoms with E-state index in [1.54, 1.807) is 18.4 Å². The molecule has 1 saturated heterocycles. The van der Waals surface area contributed by atoms with Gasteiger partial charge in [0.15, 0.2) is 5.76 Å². The van der Waals surface area contributed by atoms with E-state index in [0.717, 1.165) is 19.0 Å². The molecule has 1 unspecified atom stereocenters. The van der Waals surface area contributed by atoms with E-state index in [4.69, 9.17) is 4.42 Å². The first-order valence-corrected chi connectivity index (χ1v) is 7.08. The fourth-order valence-corrected chi connectivity index (χ4v) is 2.80. The van der Waals surface area contributed by atoms with E-state index in [9.17, 15) is 4.79 Å². The average molecular weight is 249 g/mol. The fourth-order valence-electron chi connectivity index (χ4n) is 2.80. The van der Waals surface area contributed by atoms with E-state index in [-0.39, 0.29) is 5.78 Å². The molecule has 2 rings (SSSR count). The van der Waals surface area contributed by atoms with Gasteiger partial charge in [0.25, 0.3) is 0 Å². The molecule has 1 aliphatic rings. The second-order valence-corrected chi connectivity index (χ2v) is 5.26. The standard InChI is InChI=1S/C15H23NO2/c1-2-5-13-6-3-9-16(10-8-13)12-14(17)15-7-4-11-18-15/h4,7,11,13H,2-3,5-6,8-10,12H2,1H3. The summed E-state index contributed by atoms with van der Waals surface area (Å²) >= 11 is 0. The van der Waals surface area contributed by atoms with Crippen LogP contribution in [-0.2, 0) is 0 Å². The molecule has 18 heavy (non-hydrogen) atoms. The molecule has 0 amide bonds. The van der Waals surface area contributed by atoms with Gasteiger partial charge in [-0.2, -0.15) is 0 Å². The Balaban J connectivity index is 1.81. The number of hydrogen-bond acceptors (Lipinski definition) is 3. The summed E-state index contributed by atoms with van der Waals surface area (Å²) in [5, 5.41) is 0. The Morgan fingerprint density at radius 2 is 2.33 bits per heavy atom. The van der Waals surface area contributed by atoms with Crippen LogP contribution in [0.15, 0.2) is 22.8 Å². The van der Waals surface area contributed by atoms with Crippen molar-refractivity contribution in [3.8, 4) is 0 Å². The van der Waals surface area contributed by atoms with Gasteiger partial charge >= 0.3 is 0 Å². The van der Waals surface area contributed by atoms with Crippen LogP contribution in [0.5, 0.6) is 0 Å². The minimum absolute atomic E-state index is 0.106. The second kappa shape index (κ2) is 6.74. The first-order valence-electron chi connectivity index (χ1n) is 7.08. The second-order valence-electron chi connectivity index (χ2n) is 5.26. The highest BCUT2D eigenvalue weighted by Gasteiger charge is 2.19. The lowest BCUT2D eigenvalue weighted by Crippen LogP contribution is -2.30. The maximum Gasteiger partial charge on any atom is 0.211 e. The van der Waals surface area contributed by atoms with Crippen molar-refractivity contribution < 1.29 is 9.21 Å². The molecule has 2 heterocycles. The number of hydrogen-bond donors (Lipinski definition) is 0. The molecule has 0 aromatic carbocycles. The summed E-state index contributed by atoms with van der Waals surface area (Å²) in [6.45, 7) is 4.86. The van der Waals surface area contributed by atoms with E-state index < -0.39 is 0 Å². The summed E-state index contributed by atoms with van der Waals surface area (Å²) in [6, 6.07) is 3.52. The van der Waals surface area contributed by atoms with Crippen LogP contribution in [0, 0.1) is 5.92 Å². The molecule has 1 aliphatic heterocycles. The van der Waals surface area contributed by atoms with Crippen LogP contribution in [0.3, 0.4) is 0 Å². The molecular formula is C15H23NO2. The molecule has 3 nitrogen and oxygen atoms in total. The van der Waals surface area contributed by atoms with Crippen LogP contribution in [0.4, 0.5) is 0 Å². The van der Waals surface area contributed by atoms with Gasteiger partial charge in [0.1, 0.15) is 0 Å². The summed E-state index contributed by atoms with van der Waals surface area (Å²) < 4.78 is 5.15. The number of rotatable bonds is 5. The number of nitrogens with zero attached hydrogens (tertiary/aromatic N) is 1. The zero-order valence-electron chi connectivity index (χ0n) is 11.2. The number of ketones is 1. The highest BCUT2D eigenvalue weighted by Crippen LogP contribution is 2.22. The highest BCUT2D eigenvalue weighted by atomic mass is 16.3. The van der Waals surface area contributed by atoms with Crippen LogP contribution < -0.4 is 0 Å². The molecule has 0 radical (unpaired) electrons. The van der Waals surface area contributed by atoms with Crippen molar-refractivity contribution in [3.63, 3.8) is 0 Å². The maximum absolute atomic E-state index is 12.0. The Hall–Kier alpha value is -1.09. The molecule has 3 heteroatoms. The van der Waals surface area contributed by atoms with E-state index >= 15 is 0 Å². The molecule has 1 atom stereocenters. The zero-order valence-corrected chi connectivity index (χ0v) is 11.2. The normalized spacial score (nSPS) is 21.7. The molecule has 1 fully saturated rings. The number of Topliss-reactive ketones (excluding diaryl/α,β-unsaturated/α-hetero) is 1. The maximum atomic E-state index is 12.0. The third-order valence-electron chi connectivity index (χ3n) is 3.80. The number of carbonyl (C=O) groups excluding carboxylic acids is 1. The monoisotopic (exact) mass is 249 g/mol. The predicted molar refractivity (Wildman–Crippen MR) is 71.7 cm³/mol. The molecule has 1 aromatic heterocycles.